The zero-order chi connectivity index (χ0) is 18.6. The minimum absolute atomic E-state index is 0.00205. The van der Waals surface area contributed by atoms with E-state index in [-0.39, 0.29) is 36.0 Å². The third-order valence-corrected chi connectivity index (χ3v) is 4.61. The van der Waals surface area contributed by atoms with E-state index in [4.69, 9.17) is 5.73 Å². The van der Waals surface area contributed by atoms with Crippen LogP contribution in [-0.4, -0.2) is 42.4 Å². The lowest BCUT2D eigenvalue weighted by Crippen LogP contribution is -2.50. The largest absolute Gasteiger partial charge is 0.355 e. The van der Waals surface area contributed by atoms with Crippen molar-refractivity contribution in [1.29, 1.82) is 0 Å². The van der Waals surface area contributed by atoms with Gasteiger partial charge in [-0.15, -0.1) is 0 Å². The minimum atomic E-state index is -0.459. The molecular weight excluding hydrogens is 321 g/mol. The van der Waals surface area contributed by atoms with Gasteiger partial charge in [-0.1, -0.05) is 32.9 Å². The van der Waals surface area contributed by atoms with Crippen LogP contribution in [0.25, 0.3) is 0 Å². The lowest BCUT2D eigenvalue weighted by molar-refractivity contribution is -0.133. The van der Waals surface area contributed by atoms with Crippen LogP contribution < -0.4 is 11.1 Å². The second-order valence-corrected chi connectivity index (χ2v) is 7.71. The normalized spacial score (nSPS) is 21.1. The van der Waals surface area contributed by atoms with Crippen molar-refractivity contribution < 1.29 is 14.0 Å². The molecular formula is C19H28FN3O2. The number of nitrogens with zero attached hydrogens (tertiary/aromatic N) is 1. The number of likely N-dealkylation sites (tertiary alicyclic amines) is 1. The fourth-order valence-electron chi connectivity index (χ4n) is 3.04. The summed E-state index contributed by atoms with van der Waals surface area (Å²) in [6, 6.07) is 6.24. The van der Waals surface area contributed by atoms with Gasteiger partial charge in [-0.25, -0.2) is 4.39 Å². The summed E-state index contributed by atoms with van der Waals surface area (Å²) in [6.07, 6.45) is 1.03. The van der Waals surface area contributed by atoms with Crippen LogP contribution in [0.1, 0.15) is 45.1 Å². The maximum Gasteiger partial charge on any atom is 0.225 e. The van der Waals surface area contributed by atoms with Crippen molar-refractivity contribution in [2.24, 2.45) is 11.1 Å². The van der Waals surface area contributed by atoms with Crippen molar-refractivity contribution in [2.45, 2.75) is 45.6 Å². The van der Waals surface area contributed by atoms with E-state index in [2.05, 4.69) is 5.32 Å². The van der Waals surface area contributed by atoms with Crippen molar-refractivity contribution in [3.05, 3.63) is 35.6 Å². The first-order valence-electron chi connectivity index (χ1n) is 8.75. The highest BCUT2D eigenvalue weighted by atomic mass is 19.1. The van der Waals surface area contributed by atoms with Gasteiger partial charge in [-0.3, -0.25) is 9.59 Å². The Labute approximate surface area is 148 Å². The summed E-state index contributed by atoms with van der Waals surface area (Å²) in [7, 11) is 0. The minimum Gasteiger partial charge on any atom is -0.355 e. The molecule has 1 aromatic rings. The van der Waals surface area contributed by atoms with E-state index in [1.165, 1.54) is 12.1 Å². The van der Waals surface area contributed by atoms with Gasteiger partial charge in [0.05, 0.1) is 0 Å². The maximum atomic E-state index is 13.1. The zero-order valence-electron chi connectivity index (χ0n) is 15.2. The predicted molar refractivity (Wildman–Crippen MR) is 95.4 cm³/mol. The SMILES string of the molecule is CC(C)(C)C(=O)NCCC(=O)N1CC[C@@H](c2ccc(F)cc2)[C@H](N)C1. The molecule has 2 amide bonds. The maximum absolute atomic E-state index is 13.1. The number of hydrogen-bond acceptors (Lipinski definition) is 3. The highest BCUT2D eigenvalue weighted by molar-refractivity contribution is 5.82. The van der Waals surface area contributed by atoms with E-state index in [0.717, 1.165) is 12.0 Å². The molecule has 0 radical (unpaired) electrons. The number of rotatable bonds is 4. The molecule has 1 aromatic carbocycles. The highest BCUT2D eigenvalue weighted by Gasteiger charge is 2.30. The van der Waals surface area contributed by atoms with Crippen LogP contribution in [0, 0.1) is 11.2 Å². The molecule has 138 valence electrons. The van der Waals surface area contributed by atoms with Crippen LogP contribution in [0.3, 0.4) is 0 Å². The highest BCUT2D eigenvalue weighted by Crippen LogP contribution is 2.27. The molecule has 2 atom stereocenters. The lowest BCUT2D eigenvalue weighted by atomic mass is 9.85. The van der Waals surface area contributed by atoms with Crippen molar-refractivity contribution in [1.82, 2.24) is 10.2 Å². The van der Waals surface area contributed by atoms with Gasteiger partial charge in [-0.05, 0) is 24.1 Å². The quantitative estimate of drug-likeness (QED) is 0.873. The van der Waals surface area contributed by atoms with Crippen LogP contribution in [-0.2, 0) is 9.59 Å². The molecule has 1 heterocycles. The molecule has 2 rings (SSSR count). The van der Waals surface area contributed by atoms with Gasteiger partial charge in [0, 0.05) is 43.4 Å². The number of nitrogens with one attached hydrogen (secondary N) is 1. The molecule has 1 fully saturated rings. The molecule has 0 aromatic heterocycles. The van der Waals surface area contributed by atoms with Crippen LogP contribution >= 0.6 is 0 Å². The second-order valence-electron chi connectivity index (χ2n) is 7.71. The van der Waals surface area contributed by atoms with Gasteiger partial charge in [0.1, 0.15) is 5.82 Å². The second kappa shape index (κ2) is 7.95. The van der Waals surface area contributed by atoms with E-state index >= 15 is 0 Å². The number of carbonyl (C=O) groups excluding carboxylic acids is 2. The Balaban J connectivity index is 1.82. The van der Waals surface area contributed by atoms with Crippen molar-refractivity contribution in [2.75, 3.05) is 19.6 Å². The molecule has 5 nitrogen and oxygen atoms in total. The third kappa shape index (κ3) is 5.26. The monoisotopic (exact) mass is 349 g/mol. The first-order valence-corrected chi connectivity index (χ1v) is 8.75. The number of halogens is 1. The van der Waals surface area contributed by atoms with Crippen molar-refractivity contribution >= 4 is 11.8 Å². The van der Waals surface area contributed by atoms with E-state index in [9.17, 15) is 14.0 Å². The van der Waals surface area contributed by atoms with Crippen LogP contribution in [0.2, 0.25) is 0 Å². The van der Waals surface area contributed by atoms with Gasteiger partial charge in [0.15, 0.2) is 0 Å². The van der Waals surface area contributed by atoms with E-state index in [0.29, 0.717) is 19.6 Å². The summed E-state index contributed by atoms with van der Waals surface area (Å²) in [6.45, 7) is 6.95. The fourth-order valence-corrected chi connectivity index (χ4v) is 3.04. The predicted octanol–water partition coefficient (Wildman–Crippen LogP) is 2.02. The standard InChI is InChI=1S/C19H28FN3O2/c1-19(2,3)18(25)22-10-8-17(24)23-11-9-15(16(21)12-23)13-4-6-14(20)7-5-13/h4-7,15-16H,8-12,21H2,1-3H3,(H,22,25)/t15-,16+/m0/s1. The summed E-state index contributed by atoms with van der Waals surface area (Å²) in [5, 5.41) is 2.79. The first-order chi connectivity index (χ1) is 11.7. The Morgan fingerprint density at radius 1 is 1.28 bits per heavy atom. The molecule has 0 aliphatic carbocycles. The fraction of sp³-hybridized carbons (Fsp3) is 0.579. The van der Waals surface area contributed by atoms with Gasteiger partial charge in [0.2, 0.25) is 11.8 Å². The smallest absolute Gasteiger partial charge is 0.225 e. The Bertz CT molecular complexity index is 610. The van der Waals surface area contributed by atoms with Crippen molar-refractivity contribution in [3.63, 3.8) is 0 Å². The van der Waals surface area contributed by atoms with Crippen LogP contribution in [0.4, 0.5) is 4.39 Å². The van der Waals surface area contributed by atoms with Gasteiger partial charge in [0.25, 0.3) is 0 Å². The first kappa shape index (κ1) is 19.4. The van der Waals surface area contributed by atoms with Crippen LogP contribution in [0.15, 0.2) is 24.3 Å². The molecule has 6 heteroatoms. The number of amides is 2. The molecule has 1 saturated heterocycles. The molecule has 3 N–H and O–H groups in total. The zero-order valence-corrected chi connectivity index (χ0v) is 15.2. The molecule has 0 spiro atoms. The number of hydrogen-bond donors (Lipinski definition) is 2. The summed E-state index contributed by atoms with van der Waals surface area (Å²) < 4.78 is 13.1. The molecule has 0 unspecified atom stereocenters. The summed E-state index contributed by atoms with van der Waals surface area (Å²) >= 11 is 0. The Morgan fingerprint density at radius 2 is 1.92 bits per heavy atom. The number of carbonyl (C=O) groups is 2. The average Bonchev–Trinajstić information content (AvgIpc) is 2.54. The van der Waals surface area contributed by atoms with E-state index < -0.39 is 5.41 Å². The van der Waals surface area contributed by atoms with Gasteiger partial charge in [-0.2, -0.15) is 0 Å². The van der Waals surface area contributed by atoms with Gasteiger partial charge < -0.3 is 16.0 Å². The third-order valence-electron chi connectivity index (χ3n) is 4.61. The number of benzene rings is 1. The Hall–Kier alpha value is -1.95. The molecule has 0 bridgehead atoms. The topological polar surface area (TPSA) is 75.4 Å². The summed E-state index contributed by atoms with van der Waals surface area (Å²) in [5.41, 5.74) is 6.81. The molecule has 25 heavy (non-hydrogen) atoms. The molecule has 1 aliphatic rings. The average molecular weight is 349 g/mol. The Kier molecular flexibility index (Phi) is 6.16. The number of piperidine rings is 1. The lowest BCUT2D eigenvalue weighted by Gasteiger charge is -2.37. The summed E-state index contributed by atoms with van der Waals surface area (Å²) in [5.74, 6) is -0.193. The molecule has 0 saturated carbocycles. The molecule has 1 aliphatic heterocycles. The van der Waals surface area contributed by atoms with Gasteiger partial charge >= 0.3 is 0 Å². The van der Waals surface area contributed by atoms with Crippen LogP contribution in [0.5, 0.6) is 0 Å². The summed E-state index contributed by atoms with van der Waals surface area (Å²) in [4.78, 5) is 25.9. The van der Waals surface area contributed by atoms with Crippen molar-refractivity contribution in [3.8, 4) is 0 Å². The Morgan fingerprint density at radius 3 is 2.48 bits per heavy atom. The number of nitrogens with two attached hydrogens (primary N) is 1. The van der Waals surface area contributed by atoms with E-state index in [1.54, 1.807) is 17.0 Å². The van der Waals surface area contributed by atoms with E-state index in [1.807, 2.05) is 20.8 Å².